The Balaban J connectivity index is 1.85. The third-order valence-corrected chi connectivity index (χ3v) is 5.72. The summed E-state index contributed by atoms with van der Waals surface area (Å²) >= 11 is 1.44. The van der Waals surface area contributed by atoms with E-state index in [2.05, 4.69) is 11.1 Å². The van der Waals surface area contributed by atoms with E-state index < -0.39 is 0 Å². The van der Waals surface area contributed by atoms with Crippen molar-refractivity contribution in [1.82, 2.24) is 9.88 Å². The number of ether oxygens (including phenoxy) is 2. The van der Waals surface area contributed by atoms with Gasteiger partial charge in [0.25, 0.3) is 5.91 Å². The number of aliphatic hydroxyl groups is 1. The van der Waals surface area contributed by atoms with Crippen LogP contribution in [0.4, 0.5) is 0 Å². The zero-order valence-corrected chi connectivity index (χ0v) is 18.5. The molecule has 0 bridgehead atoms. The summed E-state index contributed by atoms with van der Waals surface area (Å²) in [6, 6.07) is 11.6. The number of hydrogen-bond donors (Lipinski definition) is 1. The molecule has 0 saturated carbocycles. The molecule has 0 aliphatic rings. The highest BCUT2D eigenvalue weighted by Gasteiger charge is 2.21. The van der Waals surface area contributed by atoms with Crippen LogP contribution in [-0.4, -0.2) is 48.3 Å². The molecule has 1 aromatic heterocycles. The summed E-state index contributed by atoms with van der Waals surface area (Å²) in [7, 11) is 3.17. The van der Waals surface area contributed by atoms with Crippen molar-refractivity contribution in [1.29, 1.82) is 0 Å². The fourth-order valence-electron chi connectivity index (χ4n) is 3.27. The topological polar surface area (TPSA) is 71.9 Å². The molecule has 158 valence electrons. The van der Waals surface area contributed by atoms with Crippen LogP contribution in [0.1, 0.15) is 27.2 Å². The third-order valence-electron chi connectivity index (χ3n) is 4.85. The van der Waals surface area contributed by atoms with Gasteiger partial charge in [-0.3, -0.25) is 4.79 Å². The lowest BCUT2D eigenvalue weighted by atomic mass is 10.1. The van der Waals surface area contributed by atoms with Crippen molar-refractivity contribution in [3.05, 3.63) is 64.2 Å². The molecule has 3 aromatic rings. The first kappa shape index (κ1) is 21.8. The molecule has 1 heterocycles. The second-order valence-electron chi connectivity index (χ2n) is 6.98. The van der Waals surface area contributed by atoms with Crippen molar-refractivity contribution in [2.45, 2.75) is 20.4 Å². The van der Waals surface area contributed by atoms with Gasteiger partial charge in [-0.2, -0.15) is 0 Å². The van der Waals surface area contributed by atoms with Gasteiger partial charge in [-0.15, -0.1) is 11.3 Å². The van der Waals surface area contributed by atoms with E-state index in [-0.39, 0.29) is 19.1 Å². The summed E-state index contributed by atoms with van der Waals surface area (Å²) in [5.74, 6) is 1.07. The number of nitrogens with zero attached hydrogens (tertiary/aromatic N) is 2. The molecule has 0 spiro atoms. The van der Waals surface area contributed by atoms with Crippen molar-refractivity contribution >= 4 is 17.2 Å². The van der Waals surface area contributed by atoms with Gasteiger partial charge in [0.15, 0.2) is 0 Å². The average Bonchev–Trinajstić information content (AvgIpc) is 3.23. The number of carbonyl (C=O) groups is 1. The smallest absolute Gasteiger partial charge is 0.273 e. The summed E-state index contributed by atoms with van der Waals surface area (Å²) < 4.78 is 10.7. The summed E-state index contributed by atoms with van der Waals surface area (Å²) in [6.07, 6.45) is 0. The minimum absolute atomic E-state index is 0.141. The predicted molar refractivity (Wildman–Crippen MR) is 118 cm³/mol. The van der Waals surface area contributed by atoms with E-state index in [1.54, 1.807) is 30.6 Å². The number of aliphatic hydroxyl groups excluding tert-OH is 1. The molecule has 6 nitrogen and oxygen atoms in total. The maximum Gasteiger partial charge on any atom is 0.273 e. The number of hydrogen-bond acceptors (Lipinski definition) is 6. The predicted octanol–water partition coefficient (Wildman–Crippen LogP) is 4.08. The molecule has 30 heavy (non-hydrogen) atoms. The van der Waals surface area contributed by atoms with E-state index in [4.69, 9.17) is 9.47 Å². The van der Waals surface area contributed by atoms with Gasteiger partial charge >= 0.3 is 0 Å². The van der Waals surface area contributed by atoms with Gasteiger partial charge in [-0.1, -0.05) is 23.8 Å². The van der Waals surface area contributed by atoms with E-state index in [1.807, 2.05) is 38.1 Å². The summed E-state index contributed by atoms with van der Waals surface area (Å²) in [5, 5.41) is 12.1. The number of methoxy groups -OCH3 is 2. The van der Waals surface area contributed by atoms with Crippen molar-refractivity contribution in [2.24, 2.45) is 0 Å². The molecule has 0 saturated heterocycles. The third kappa shape index (κ3) is 4.80. The maximum absolute atomic E-state index is 13.1. The monoisotopic (exact) mass is 426 g/mol. The number of carbonyl (C=O) groups excluding carboxylic acids is 1. The zero-order valence-electron chi connectivity index (χ0n) is 17.6. The molecule has 2 aromatic carbocycles. The minimum Gasteiger partial charge on any atom is -0.497 e. The molecule has 0 aliphatic carbocycles. The molecule has 0 fully saturated rings. The molecule has 0 atom stereocenters. The molecular weight excluding hydrogens is 400 g/mol. The summed E-state index contributed by atoms with van der Waals surface area (Å²) in [5.41, 5.74) is 4.53. The number of aryl methyl sites for hydroxylation is 2. The number of aromatic nitrogens is 1. The van der Waals surface area contributed by atoms with Crippen LogP contribution < -0.4 is 9.47 Å². The Bertz CT molecular complexity index is 1030. The Labute approximate surface area is 180 Å². The van der Waals surface area contributed by atoms with Crippen LogP contribution in [0.25, 0.3) is 10.6 Å². The average molecular weight is 427 g/mol. The lowest BCUT2D eigenvalue weighted by molar-refractivity contribution is 0.0701. The van der Waals surface area contributed by atoms with Crippen molar-refractivity contribution in [3.63, 3.8) is 0 Å². The Kier molecular flexibility index (Phi) is 7.07. The Hall–Kier alpha value is -2.90. The van der Waals surface area contributed by atoms with Gasteiger partial charge in [0.1, 0.15) is 22.2 Å². The maximum atomic E-state index is 13.1. The quantitative estimate of drug-likeness (QED) is 0.588. The number of thiazole rings is 1. The largest absolute Gasteiger partial charge is 0.497 e. The van der Waals surface area contributed by atoms with Crippen LogP contribution in [0, 0.1) is 13.8 Å². The highest BCUT2D eigenvalue weighted by atomic mass is 32.1. The van der Waals surface area contributed by atoms with E-state index in [0.29, 0.717) is 23.7 Å². The van der Waals surface area contributed by atoms with E-state index in [9.17, 15) is 9.90 Å². The molecular formula is C23H26N2O4S. The number of benzene rings is 2. The summed E-state index contributed by atoms with van der Waals surface area (Å²) in [6.45, 7) is 4.44. The molecule has 1 N–H and O–H groups in total. The lowest BCUT2D eigenvalue weighted by Gasteiger charge is -2.22. The first-order chi connectivity index (χ1) is 14.5. The Morgan fingerprint density at radius 1 is 1.13 bits per heavy atom. The minimum atomic E-state index is -0.228. The zero-order chi connectivity index (χ0) is 21.7. The molecule has 1 amide bonds. The fraction of sp³-hybridized carbons (Fsp3) is 0.304. The van der Waals surface area contributed by atoms with Crippen LogP contribution in [-0.2, 0) is 6.54 Å². The van der Waals surface area contributed by atoms with Crippen LogP contribution >= 0.6 is 11.3 Å². The van der Waals surface area contributed by atoms with E-state index in [0.717, 1.165) is 21.7 Å². The first-order valence-electron chi connectivity index (χ1n) is 9.61. The standard InChI is InChI=1S/C23H26N2O4S/c1-15-5-8-19(16(2)11-15)22-24-20(14-30-22)23(27)25(9-10-26)13-17-6-7-18(28-3)12-21(17)29-4/h5-8,11-12,14,26H,9-10,13H2,1-4H3. The molecule has 3 rings (SSSR count). The summed E-state index contributed by atoms with van der Waals surface area (Å²) in [4.78, 5) is 19.3. The SMILES string of the molecule is COc1ccc(CN(CCO)C(=O)c2csc(-c3ccc(C)cc3C)n2)c(OC)c1. The number of rotatable bonds is 8. The second kappa shape index (κ2) is 9.73. The highest BCUT2D eigenvalue weighted by Crippen LogP contribution is 2.29. The van der Waals surface area contributed by atoms with Crippen LogP contribution in [0.3, 0.4) is 0 Å². The second-order valence-corrected chi connectivity index (χ2v) is 7.84. The van der Waals surface area contributed by atoms with E-state index in [1.165, 1.54) is 16.9 Å². The van der Waals surface area contributed by atoms with Crippen molar-refractivity contribution < 1.29 is 19.4 Å². The molecule has 0 unspecified atom stereocenters. The highest BCUT2D eigenvalue weighted by molar-refractivity contribution is 7.13. The molecule has 7 heteroatoms. The van der Waals surface area contributed by atoms with Gasteiger partial charge in [-0.25, -0.2) is 4.98 Å². The fourth-order valence-corrected chi connectivity index (χ4v) is 4.16. The van der Waals surface area contributed by atoms with Gasteiger partial charge in [0.05, 0.1) is 20.8 Å². The van der Waals surface area contributed by atoms with Gasteiger partial charge in [0, 0.05) is 35.7 Å². The normalized spacial score (nSPS) is 10.7. The van der Waals surface area contributed by atoms with Crippen LogP contribution in [0.5, 0.6) is 11.5 Å². The van der Waals surface area contributed by atoms with Gasteiger partial charge in [0.2, 0.25) is 0 Å². The van der Waals surface area contributed by atoms with Gasteiger partial charge < -0.3 is 19.5 Å². The molecule has 0 aliphatic heterocycles. The number of amides is 1. The Morgan fingerprint density at radius 3 is 2.60 bits per heavy atom. The van der Waals surface area contributed by atoms with Crippen LogP contribution in [0.15, 0.2) is 41.8 Å². The Morgan fingerprint density at radius 2 is 1.93 bits per heavy atom. The lowest BCUT2D eigenvalue weighted by Crippen LogP contribution is -2.33. The van der Waals surface area contributed by atoms with E-state index >= 15 is 0 Å². The van der Waals surface area contributed by atoms with Gasteiger partial charge in [-0.05, 0) is 31.5 Å². The molecule has 0 radical (unpaired) electrons. The van der Waals surface area contributed by atoms with Crippen molar-refractivity contribution in [3.8, 4) is 22.1 Å². The van der Waals surface area contributed by atoms with Crippen molar-refractivity contribution in [2.75, 3.05) is 27.4 Å². The first-order valence-corrected chi connectivity index (χ1v) is 10.5. The van der Waals surface area contributed by atoms with Crippen LogP contribution in [0.2, 0.25) is 0 Å².